The number of carboxylic acid groups (broad SMARTS) is 1. The van der Waals surface area contributed by atoms with Crippen LogP contribution in [0.2, 0.25) is 0 Å². The first kappa shape index (κ1) is 19.7. The maximum atomic E-state index is 11.7. The number of carboxylic acids is 1. The lowest BCUT2D eigenvalue weighted by Gasteiger charge is -2.32. The van der Waals surface area contributed by atoms with Gasteiger partial charge in [0.15, 0.2) is 0 Å². The van der Waals surface area contributed by atoms with E-state index in [0.29, 0.717) is 19.5 Å². The zero-order valence-electron chi connectivity index (χ0n) is 14.2. The van der Waals surface area contributed by atoms with Gasteiger partial charge in [0, 0.05) is 25.0 Å². The van der Waals surface area contributed by atoms with E-state index in [1.807, 2.05) is 27.9 Å². The fourth-order valence-electron chi connectivity index (χ4n) is 1.60. The highest BCUT2D eigenvalue weighted by Gasteiger charge is 2.22. The number of carbonyl (C=O) groups excluding carboxylic acids is 1. The van der Waals surface area contributed by atoms with Crippen molar-refractivity contribution < 1.29 is 14.7 Å². The number of aliphatic carboxylic acids is 1. The molecule has 2 amide bonds. The second kappa shape index (κ2) is 8.22. The fourth-order valence-corrected chi connectivity index (χ4v) is 1.60. The van der Waals surface area contributed by atoms with Crippen molar-refractivity contribution >= 4 is 12.0 Å². The molecule has 0 rings (SSSR count). The van der Waals surface area contributed by atoms with Crippen molar-refractivity contribution in [2.45, 2.75) is 52.5 Å². The highest BCUT2D eigenvalue weighted by Crippen LogP contribution is 2.25. The number of rotatable bonds is 9. The van der Waals surface area contributed by atoms with Crippen molar-refractivity contribution in [1.29, 1.82) is 0 Å². The molecule has 0 saturated heterocycles. The summed E-state index contributed by atoms with van der Waals surface area (Å²) in [6.45, 7) is 9.26. The molecule has 21 heavy (non-hydrogen) atoms. The van der Waals surface area contributed by atoms with Gasteiger partial charge < -0.3 is 20.6 Å². The zero-order chi connectivity index (χ0) is 16.7. The fraction of sp³-hybridized carbons (Fsp3) is 0.867. The van der Waals surface area contributed by atoms with Crippen LogP contribution in [0.4, 0.5) is 4.79 Å². The number of carbonyl (C=O) groups is 2. The van der Waals surface area contributed by atoms with E-state index >= 15 is 0 Å². The average molecular weight is 301 g/mol. The molecular weight excluding hydrogens is 270 g/mol. The maximum absolute atomic E-state index is 11.7. The molecule has 6 heteroatoms. The van der Waals surface area contributed by atoms with Crippen LogP contribution in [0.25, 0.3) is 0 Å². The number of likely N-dealkylation sites (N-methyl/N-ethyl adjacent to an activating group) is 1. The minimum Gasteiger partial charge on any atom is -0.481 e. The molecule has 0 aromatic rings. The topological polar surface area (TPSA) is 81.7 Å². The van der Waals surface area contributed by atoms with Crippen LogP contribution in [0.5, 0.6) is 0 Å². The van der Waals surface area contributed by atoms with Crippen molar-refractivity contribution in [3.63, 3.8) is 0 Å². The Morgan fingerprint density at radius 1 is 1.05 bits per heavy atom. The Hall–Kier alpha value is -1.30. The molecule has 0 bridgehead atoms. The number of hydrogen-bond acceptors (Lipinski definition) is 3. The first-order valence-electron chi connectivity index (χ1n) is 7.37. The van der Waals surface area contributed by atoms with Crippen LogP contribution in [0.1, 0.15) is 47.0 Å². The third-order valence-electron chi connectivity index (χ3n) is 4.00. The molecule has 0 atom stereocenters. The van der Waals surface area contributed by atoms with Gasteiger partial charge in [0.2, 0.25) is 0 Å². The Morgan fingerprint density at radius 3 is 2.10 bits per heavy atom. The largest absolute Gasteiger partial charge is 0.481 e. The molecule has 0 aliphatic rings. The number of nitrogens with zero attached hydrogens (tertiary/aromatic N) is 1. The van der Waals surface area contributed by atoms with E-state index in [1.54, 1.807) is 0 Å². The van der Waals surface area contributed by atoms with Gasteiger partial charge >= 0.3 is 12.0 Å². The smallest absolute Gasteiger partial charge is 0.314 e. The number of amides is 2. The van der Waals surface area contributed by atoms with E-state index in [9.17, 15) is 9.59 Å². The van der Waals surface area contributed by atoms with Gasteiger partial charge in [-0.3, -0.25) is 4.79 Å². The van der Waals surface area contributed by atoms with Crippen LogP contribution in [0, 0.1) is 5.41 Å². The second-order valence-corrected chi connectivity index (χ2v) is 7.12. The monoisotopic (exact) mass is 301 g/mol. The molecule has 0 radical (unpaired) electrons. The summed E-state index contributed by atoms with van der Waals surface area (Å²) in [5.74, 6) is -0.778. The van der Waals surface area contributed by atoms with Gasteiger partial charge in [-0.05, 0) is 46.2 Å². The van der Waals surface area contributed by atoms with E-state index in [2.05, 4.69) is 29.4 Å². The molecule has 0 unspecified atom stereocenters. The molecule has 0 heterocycles. The van der Waals surface area contributed by atoms with Gasteiger partial charge in [-0.1, -0.05) is 13.8 Å². The van der Waals surface area contributed by atoms with Crippen molar-refractivity contribution in [3.8, 4) is 0 Å². The molecule has 124 valence electrons. The molecule has 0 spiro atoms. The first-order valence-corrected chi connectivity index (χ1v) is 7.37. The van der Waals surface area contributed by atoms with Crippen LogP contribution in [0.3, 0.4) is 0 Å². The summed E-state index contributed by atoms with van der Waals surface area (Å²) in [6.07, 6.45) is 1.53. The summed E-state index contributed by atoms with van der Waals surface area (Å²) in [4.78, 5) is 24.4. The van der Waals surface area contributed by atoms with Crippen LogP contribution >= 0.6 is 0 Å². The van der Waals surface area contributed by atoms with Crippen molar-refractivity contribution in [3.05, 3.63) is 0 Å². The van der Waals surface area contributed by atoms with Crippen molar-refractivity contribution in [2.24, 2.45) is 5.41 Å². The Labute approximate surface area is 128 Å². The van der Waals surface area contributed by atoms with Gasteiger partial charge in [-0.25, -0.2) is 4.79 Å². The maximum Gasteiger partial charge on any atom is 0.314 e. The van der Waals surface area contributed by atoms with E-state index < -0.39 is 5.97 Å². The predicted octanol–water partition coefficient (Wildman–Crippen LogP) is 1.91. The SMILES string of the molecule is CN(C)C(C)(C)CNC(=O)NCCC(C)(C)CCC(=O)O. The van der Waals surface area contributed by atoms with Gasteiger partial charge in [0.25, 0.3) is 0 Å². The Bertz CT molecular complexity index is 352. The standard InChI is InChI=1S/C15H31N3O3/c1-14(2,8-7-12(19)20)9-10-16-13(21)17-11-15(3,4)18(5)6/h7-11H2,1-6H3,(H,19,20)(H2,16,17,21). The summed E-state index contributed by atoms with van der Waals surface area (Å²) in [5.41, 5.74) is -0.188. The van der Waals surface area contributed by atoms with E-state index in [1.165, 1.54) is 0 Å². The highest BCUT2D eigenvalue weighted by atomic mass is 16.4. The van der Waals surface area contributed by atoms with E-state index in [-0.39, 0.29) is 23.4 Å². The minimum atomic E-state index is -0.778. The van der Waals surface area contributed by atoms with Crippen LogP contribution in [-0.2, 0) is 4.79 Å². The third kappa shape index (κ3) is 9.28. The summed E-state index contributed by atoms with van der Waals surface area (Å²) < 4.78 is 0. The second-order valence-electron chi connectivity index (χ2n) is 7.12. The van der Waals surface area contributed by atoms with Crippen LogP contribution < -0.4 is 10.6 Å². The lowest BCUT2D eigenvalue weighted by atomic mass is 9.84. The molecule has 0 saturated carbocycles. The minimum absolute atomic E-state index is 0.0887. The zero-order valence-corrected chi connectivity index (χ0v) is 14.2. The molecule has 0 aliphatic carbocycles. The van der Waals surface area contributed by atoms with Crippen LogP contribution in [0.15, 0.2) is 0 Å². The lowest BCUT2D eigenvalue weighted by molar-refractivity contribution is -0.137. The molecule has 0 fully saturated rings. The van der Waals surface area contributed by atoms with Gasteiger partial charge in [-0.15, -0.1) is 0 Å². The quantitative estimate of drug-likeness (QED) is 0.607. The van der Waals surface area contributed by atoms with Crippen molar-refractivity contribution in [1.82, 2.24) is 15.5 Å². The summed E-state index contributed by atoms with van der Waals surface area (Å²) in [7, 11) is 3.95. The number of nitrogens with one attached hydrogen (secondary N) is 2. The molecule has 3 N–H and O–H groups in total. The van der Waals surface area contributed by atoms with E-state index in [0.717, 1.165) is 6.42 Å². The molecule has 0 aromatic carbocycles. The van der Waals surface area contributed by atoms with Gasteiger partial charge in [0.05, 0.1) is 0 Å². The third-order valence-corrected chi connectivity index (χ3v) is 4.00. The number of hydrogen-bond donors (Lipinski definition) is 3. The number of urea groups is 1. The summed E-state index contributed by atoms with van der Waals surface area (Å²) >= 11 is 0. The normalized spacial score (nSPS) is 12.3. The Morgan fingerprint density at radius 2 is 1.62 bits per heavy atom. The molecule has 6 nitrogen and oxygen atoms in total. The van der Waals surface area contributed by atoms with Crippen molar-refractivity contribution in [2.75, 3.05) is 27.2 Å². The van der Waals surface area contributed by atoms with Gasteiger partial charge in [-0.2, -0.15) is 0 Å². The average Bonchev–Trinajstić information content (AvgIpc) is 2.34. The van der Waals surface area contributed by atoms with Crippen LogP contribution in [-0.4, -0.2) is 54.7 Å². The molecule has 0 aliphatic heterocycles. The molecule has 0 aromatic heterocycles. The summed E-state index contributed by atoms with van der Waals surface area (Å²) in [6, 6.07) is -0.182. The van der Waals surface area contributed by atoms with E-state index in [4.69, 9.17) is 5.11 Å². The Kier molecular flexibility index (Phi) is 7.71. The predicted molar refractivity (Wildman–Crippen MR) is 84.4 cm³/mol. The van der Waals surface area contributed by atoms with Gasteiger partial charge in [0.1, 0.15) is 0 Å². The first-order chi connectivity index (χ1) is 9.46. The summed E-state index contributed by atoms with van der Waals surface area (Å²) in [5, 5.41) is 14.4. The highest BCUT2D eigenvalue weighted by molar-refractivity contribution is 5.73. The lowest BCUT2D eigenvalue weighted by Crippen LogP contribution is -2.50. The Balaban J connectivity index is 3.96. The molecular formula is C15H31N3O3.